The van der Waals surface area contributed by atoms with E-state index in [0.29, 0.717) is 6.54 Å². The van der Waals surface area contributed by atoms with Gasteiger partial charge < -0.3 is 15.4 Å². The first-order valence-electron chi connectivity index (χ1n) is 6.39. The third kappa shape index (κ3) is 6.76. The number of aromatic nitrogens is 3. The number of aryl methyl sites for hydroxylation is 1. The van der Waals surface area contributed by atoms with E-state index in [0.717, 1.165) is 25.2 Å². The molecule has 7 heteroatoms. The van der Waals surface area contributed by atoms with Crippen molar-refractivity contribution in [2.24, 2.45) is 7.05 Å². The molecular formula is C12H23N5O2. The molecular weight excluding hydrogens is 246 g/mol. The van der Waals surface area contributed by atoms with Crippen LogP contribution in [0.3, 0.4) is 0 Å². The molecule has 0 aliphatic rings. The van der Waals surface area contributed by atoms with E-state index >= 15 is 0 Å². The summed E-state index contributed by atoms with van der Waals surface area (Å²) in [5.41, 5.74) is 0.578. The molecule has 1 aromatic heterocycles. The van der Waals surface area contributed by atoms with Gasteiger partial charge in [0, 0.05) is 20.1 Å². The molecule has 0 radical (unpaired) electrons. The quantitative estimate of drug-likeness (QED) is 0.747. The van der Waals surface area contributed by atoms with Crippen LogP contribution >= 0.6 is 0 Å². The fourth-order valence-corrected chi connectivity index (χ4v) is 1.41. The van der Waals surface area contributed by atoms with Crippen LogP contribution in [0, 0.1) is 0 Å². The lowest BCUT2D eigenvalue weighted by Crippen LogP contribution is -2.33. The van der Waals surface area contributed by atoms with E-state index in [1.54, 1.807) is 10.9 Å². The van der Waals surface area contributed by atoms with Gasteiger partial charge in [0.15, 0.2) is 0 Å². The first-order valence-corrected chi connectivity index (χ1v) is 6.39. The normalized spacial score (nSPS) is 11.4. The Morgan fingerprint density at radius 2 is 2.16 bits per heavy atom. The third-order valence-electron chi connectivity index (χ3n) is 2.31. The van der Waals surface area contributed by atoms with E-state index in [2.05, 4.69) is 20.9 Å². The fourth-order valence-electron chi connectivity index (χ4n) is 1.41. The van der Waals surface area contributed by atoms with Crippen LogP contribution in [0.5, 0.6) is 0 Å². The Balaban J connectivity index is 2.03. The molecule has 0 spiro atoms. The number of ether oxygens (including phenoxy) is 1. The molecule has 1 amide bonds. The molecule has 7 nitrogen and oxygen atoms in total. The second-order valence-corrected chi connectivity index (χ2v) is 5.31. The Bertz CT molecular complexity index is 397. The summed E-state index contributed by atoms with van der Waals surface area (Å²) in [6.07, 6.45) is 2.19. The molecule has 0 atom stereocenters. The minimum absolute atomic E-state index is 0.372. The van der Waals surface area contributed by atoms with Crippen molar-refractivity contribution in [1.29, 1.82) is 0 Å². The van der Waals surface area contributed by atoms with Crippen molar-refractivity contribution in [3.63, 3.8) is 0 Å². The fraction of sp³-hybridized carbons (Fsp3) is 0.750. The molecule has 1 aromatic rings. The summed E-state index contributed by atoms with van der Waals surface area (Å²) < 4.78 is 6.86. The average Bonchev–Trinajstić information content (AvgIpc) is 2.67. The first-order chi connectivity index (χ1) is 8.88. The summed E-state index contributed by atoms with van der Waals surface area (Å²) in [6.45, 7) is 7.64. The van der Waals surface area contributed by atoms with E-state index in [1.165, 1.54) is 0 Å². The molecule has 0 aliphatic heterocycles. The van der Waals surface area contributed by atoms with E-state index in [-0.39, 0.29) is 6.09 Å². The summed E-state index contributed by atoms with van der Waals surface area (Å²) in [6, 6.07) is 0. The molecule has 108 valence electrons. The molecule has 0 saturated heterocycles. The number of nitrogens with zero attached hydrogens (tertiary/aromatic N) is 3. The second kappa shape index (κ2) is 7.08. The minimum Gasteiger partial charge on any atom is -0.444 e. The number of hydrogen-bond donors (Lipinski definition) is 2. The van der Waals surface area contributed by atoms with E-state index < -0.39 is 5.60 Å². The molecule has 0 saturated carbocycles. The Morgan fingerprint density at radius 3 is 2.74 bits per heavy atom. The Morgan fingerprint density at radius 1 is 1.42 bits per heavy atom. The van der Waals surface area contributed by atoms with Crippen molar-refractivity contribution in [2.75, 3.05) is 13.1 Å². The molecule has 0 unspecified atom stereocenters. The monoisotopic (exact) mass is 269 g/mol. The highest BCUT2D eigenvalue weighted by atomic mass is 16.6. The van der Waals surface area contributed by atoms with Crippen LogP contribution in [0.2, 0.25) is 0 Å². The summed E-state index contributed by atoms with van der Waals surface area (Å²) in [5, 5.41) is 13.6. The lowest BCUT2D eigenvalue weighted by molar-refractivity contribution is 0.0527. The second-order valence-electron chi connectivity index (χ2n) is 5.31. The summed E-state index contributed by atoms with van der Waals surface area (Å²) in [4.78, 5) is 11.3. The highest BCUT2D eigenvalue weighted by Gasteiger charge is 2.15. The van der Waals surface area contributed by atoms with Crippen LogP contribution in [0.1, 0.15) is 32.9 Å². The maximum absolute atomic E-state index is 11.3. The van der Waals surface area contributed by atoms with Crippen LogP contribution in [-0.4, -0.2) is 39.8 Å². The van der Waals surface area contributed by atoms with E-state index in [1.807, 2.05) is 27.8 Å². The smallest absolute Gasteiger partial charge is 0.407 e. The predicted octanol–water partition coefficient (Wildman–Crippen LogP) is 0.819. The van der Waals surface area contributed by atoms with Gasteiger partial charge in [0.05, 0.1) is 11.9 Å². The van der Waals surface area contributed by atoms with Crippen molar-refractivity contribution >= 4 is 6.09 Å². The molecule has 0 aromatic carbocycles. The van der Waals surface area contributed by atoms with Gasteiger partial charge in [0.2, 0.25) is 0 Å². The van der Waals surface area contributed by atoms with Crippen molar-refractivity contribution in [2.45, 2.75) is 39.3 Å². The van der Waals surface area contributed by atoms with Crippen LogP contribution < -0.4 is 10.6 Å². The lowest BCUT2D eigenvalue weighted by Gasteiger charge is -2.19. The molecule has 0 fully saturated rings. The first kappa shape index (κ1) is 15.4. The van der Waals surface area contributed by atoms with Gasteiger partial charge in [-0.2, -0.15) is 0 Å². The molecule has 0 bridgehead atoms. The van der Waals surface area contributed by atoms with E-state index in [4.69, 9.17) is 4.74 Å². The highest BCUT2D eigenvalue weighted by molar-refractivity contribution is 5.67. The van der Waals surface area contributed by atoms with Crippen LogP contribution in [-0.2, 0) is 18.3 Å². The maximum atomic E-state index is 11.3. The highest BCUT2D eigenvalue weighted by Crippen LogP contribution is 2.06. The topological polar surface area (TPSA) is 81.1 Å². The third-order valence-corrected chi connectivity index (χ3v) is 2.31. The number of amides is 1. The number of rotatable bonds is 6. The van der Waals surface area contributed by atoms with Gasteiger partial charge >= 0.3 is 6.09 Å². The van der Waals surface area contributed by atoms with Gasteiger partial charge in [-0.3, -0.25) is 4.68 Å². The van der Waals surface area contributed by atoms with Crippen LogP contribution in [0.15, 0.2) is 6.20 Å². The summed E-state index contributed by atoms with van der Waals surface area (Å²) in [5.74, 6) is 0. The number of hydrogen-bond acceptors (Lipinski definition) is 5. The standard InChI is InChI=1S/C12H23N5O2/c1-12(2,3)19-11(18)14-7-5-6-13-8-10-9-15-16-17(10)4/h9,13H,5-8H2,1-4H3,(H,14,18). The lowest BCUT2D eigenvalue weighted by atomic mass is 10.2. The Kier molecular flexibility index (Phi) is 5.75. The van der Waals surface area contributed by atoms with Gasteiger partial charge in [-0.1, -0.05) is 5.21 Å². The molecule has 19 heavy (non-hydrogen) atoms. The Hall–Kier alpha value is -1.63. The van der Waals surface area contributed by atoms with Gasteiger partial charge in [0.25, 0.3) is 0 Å². The average molecular weight is 269 g/mol. The van der Waals surface area contributed by atoms with Gasteiger partial charge in [-0.05, 0) is 33.7 Å². The zero-order valence-electron chi connectivity index (χ0n) is 12.1. The molecule has 0 aliphatic carbocycles. The van der Waals surface area contributed by atoms with Crippen molar-refractivity contribution in [3.05, 3.63) is 11.9 Å². The number of nitrogens with one attached hydrogen (secondary N) is 2. The predicted molar refractivity (Wildman–Crippen MR) is 71.6 cm³/mol. The number of carbonyl (C=O) groups excluding carboxylic acids is 1. The van der Waals surface area contributed by atoms with Crippen LogP contribution in [0.25, 0.3) is 0 Å². The summed E-state index contributed by atoms with van der Waals surface area (Å²) >= 11 is 0. The Labute approximate surface area is 113 Å². The SMILES string of the molecule is Cn1nncc1CNCCCNC(=O)OC(C)(C)C. The number of carbonyl (C=O) groups is 1. The van der Waals surface area contributed by atoms with E-state index in [9.17, 15) is 4.79 Å². The molecule has 1 rings (SSSR count). The molecule has 1 heterocycles. The van der Waals surface area contributed by atoms with Crippen molar-refractivity contribution in [1.82, 2.24) is 25.6 Å². The zero-order valence-corrected chi connectivity index (χ0v) is 12.1. The van der Waals surface area contributed by atoms with Crippen molar-refractivity contribution in [3.8, 4) is 0 Å². The van der Waals surface area contributed by atoms with Crippen molar-refractivity contribution < 1.29 is 9.53 Å². The minimum atomic E-state index is -0.450. The maximum Gasteiger partial charge on any atom is 0.407 e. The van der Waals surface area contributed by atoms with Gasteiger partial charge in [-0.25, -0.2) is 4.79 Å². The van der Waals surface area contributed by atoms with Gasteiger partial charge in [-0.15, -0.1) is 5.10 Å². The zero-order chi connectivity index (χ0) is 14.3. The largest absolute Gasteiger partial charge is 0.444 e. The molecule has 2 N–H and O–H groups in total. The van der Waals surface area contributed by atoms with Gasteiger partial charge in [0.1, 0.15) is 5.60 Å². The summed E-state index contributed by atoms with van der Waals surface area (Å²) in [7, 11) is 1.86. The van der Waals surface area contributed by atoms with Crippen LogP contribution in [0.4, 0.5) is 4.79 Å². The number of alkyl carbamates (subject to hydrolysis) is 1.